The highest BCUT2D eigenvalue weighted by atomic mass is 32.2. The molecule has 0 spiro atoms. The molecular formula is C20H22N2O6S2. The number of carbonyl (C=O) groups is 3. The Morgan fingerprint density at radius 3 is 2.57 bits per heavy atom. The summed E-state index contributed by atoms with van der Waals surface area (Å²) in [7, 11) is -2.30. The Bertz CT molecular complexity index is 1100. The molecule has 1 aromatic carbocycles. The fourth-order valence-corrected chi connectivity index (χ4v) is 5.48. The molecule has 1 heterocycles. The van der Waals surface area contributed by atoms with Crippen LogP contribution in [0.1, 0.15) is 50.9 Å². The Kier molecular flexibility index (Phi) is 6.57. The molecule has 0 aliphatic heterocycles. The van der Waals surface area contributed by atoms with E-state index < -0.39 is 27.7 Å². The number of thiophene rings is 1. The van der Waals surface area contributed by atoms with Gasteiger partial charge in [-0.1, -0.05) is 13.0 Å². The summed E-state index contributed by atoms with van der Waals surface area (Å²) in [5.41, 5.74) is 1.24. The van der Waals surface area contributed by atoms with E-state index in [4.69, 9.17) is 0 Å². The van der Waals surface area contributed by atoms with Crippen molar-refractivity contribution < 1.29 is 27.5 Å². The highest BCUT2D eigenvalue weighted by Gasteiger charge is 2.28. The van der Waals surface area contributed by atoms with Gasteiger partial charge in [0.25, 0.3) is 11.8 Å². The van der Waals surface area contributed by atoms with Crippen LogP contribution in [0.3, 0.4) is 0 Å². The molecule has 0 saturated heterocycles. The third-order valence-corrected chi connectivity index (χ3v) is 7.80. The van der Waals surface area contributed by atoms with Gasteiger partial charge in [0.15, 0.2) is 9.84 Å². The zero-order valence-corrected chi connectivity index (χ0v) is 18.2. The van der Waals surface area contributed by atoms with E-state index in [1.165, 1.54) is 42.5 Å². The maximum atomic E-state index is 12.8. The first-order valence-corrected chi connectivity index (χ1v) is 11.9. The van der Waals surface area contributed by atoms with E-state index in [2.05, 4.69) is 15.4 Å². The molecule has 0 radical (unpaired) electrons. The quantitative estimate of drug-likeness (QED) is 0.722. The first-order chi connectivity index (χ1) is 14.3. The molecule has 8 nitrogen and oxygen atoms in total. The Balaban J connectivity index is 1.94. The van der Waals surface area contributed by atoms with Gasteiger partial charge >= 0.3 is 6.09 Å². The number of benzene rings is 1. The van der Waals surface area contributed by atoms with Crippen molar-refractivity contribution in [3.63, 3.8) is 0 Å². The lowest BCUT2D eigenvalue weighted by atomic mass is 9.95. The largest absolute Gasteiger partial charge is 0.453 e. The monoisotopic (exact) mass is 450 g/mol. The summed E-state index contributed by atoms with van der Waals surface area (Å²) in [4.78, 5) is 38.1. The van der Waals surface area contributed by atoms with Crippen LogP contribution >= 0.6 is 11.3 Å². The van der Waals surface area contributed by atoms with Gasteiger partial charge in [-0.15, -0.1) is 11.3 Å². The number of aryl methyl sites for hydroxylation is 1. The molecule has 0 unspecified atom stereocenters. The van der Waals surface area contributed by atoms with Crippen LogP contribution in [0.2, 0.25) is 0 Å². The average molecular weight is 451 g/mol. The summed E-state index contributed by atoms with van der Waals surface area (Å²) < 4.78 is 28.7. The van der Waals surface area contributed by atoms with Gasteiger partial charge in [0.2, 0.25) is 0 Å². The third-order valence-electron chi connectivity index (χ3n) is 4.86. The number of ether oxygens (including phenoxy) is 1. The van der Waals surface area contributed by atoms with Crippen molar-refractivity contribution in [2.24, 2.45) is 0 Å². The van der Waals surface area contributed by atoms with Gasteiger partial charge < -0.3 is 10.1 Å². The average Bonchev–Trinajstić information content (AvgIpc) is 3.11. The Morgan fingerprint density at radius 2 is 1.87 bits per heavy atom. The van der Waals surface area contributed by atoms with Crippen LogP contribution < -0.4 is 10.6 Å². The molecule has 0 saturated carbocycles. The standard InChI is InChI=1S/C20H22N2O6S2/c1-3-30(26,27)13-8-6-7-12(11-13)17(23)21-19-16(18(24)22-20(25)28-2)14-9-4-5-10-15(14)29-19/h6-8,11H,3-5,9-10H2,1-2H3,(H,21,23)(H,22,24,25). The molecule has 10 heteroatoms. The lowest BCUT2D eigenvalue weighted by Crippen LogP contribution is -2.31. The van der Waals surface area contributed by atoms with E-state index >= 15 is 0 Å². The number of alkyl carbamates (subject to hydrolysis) is 1. The van der Waals surface area contributed by atoms with Crippen molar-refractivity contribution in [1.82, 2.24) is 5.32 Å². The van der Waals surface area contributed by atoms with Gasteiger partial charge in [-0.05, 0) is 49.4 Å². The predicted molar refractivity (Wildman–Crippen MR) is 113 cm³/mol. The second kappa shape index (κ2) is 8.97. The van der Waals surface area contributed by atoms with E-state index in [0.717, 1.165) is 36.8 Å². The normalized spacial score (nSPS) is 13.3. The number of amides is 3. The molecule has 0 fully saturated rings. The van der Waals surface area contributed by atoms with Crippen molar-refractivity contribution in [3.8, 4) is 0 Å². The van der Waals surface area contributed by atoms with Crippen LogP contribution in [0.5, 0.6) is 0 Å². The van der Waals surface area contributed by atoms with Gasteiger partial charge in [0.1, 0.15) is 5.00 Å². The third kappa shape index (κ3) is 4.54. The highest BCUT2D eigenvalue weighted by Crippen LogP contribution is 2.38. The fraction of sp³-hybridized carbons (Fsp3) is 0.350. The number of hydrogen-bond donors (Lipinski definition) is 2. The molecule has 30 heavy (non-hydrogen) atoms. The smallest absolute Gasteiger partial charge is 0.413 e. The maximum absolute atomic E-state index is 12.8. The molecule has 1 aliphatic rings. The zero-order valence-electron chi connectivity index (χ0n) is 16.6. The molecule has 3 amide bonds. The lowest BCUT2D eigenvalue weighted by molar-refractivity contribution is 0.0937. The molecule has 2 aromatic rings. The van der Waals surface area contributed by atoms with Crippen molar-refractivity contribution in [3.05, 3.63) is 45.8 Å². The summed E-state index contributed by atoms with van der Waals surface area (Å²) in [5.74, 6) is -1.25. The van der Waals surface area contributed by atoms with Crippen LogP contribution in [0, 0.1) is 0 Å². The van der Waals surface area contributed by atoms with Gasteiger partial charge in [-0.3, -0.25) is 14.9 Å². The minimum atomic E-state index is -3.46. The number of methoxy groups -OCH3 is 1. The maximum Gasteiger partial charge on any atom is 0.413 e. The van der Waals surface area contributed by atoms with E-state index in [-0.39, 0.29) is 21.8 Å². The van der Waals surface area contributed by atoms with Crippen LogP contribution in [0.25, 0.3) is 0 Å². The van der Waals surface area contributed by atoms with Crippen molar-refractivity contribution in [2.75, 3.05) is 18.2 Å². The summed E-state index contributed by atoms with van der Waals surface area (Å²) in [6, 6.07) is 5.76. The number of rotatable bonds is 5. The summed E-state index contributed by atoms with van der Waals surface area (Å²) in [5, 5.41) is 5.20. The molecule has 160 valence electrons. The lowest BCUT2D eigenvalue weighted by Gasteiger charge is -2.12. The summed E-state index contributed by atoms with van der Waals surface area (Å²) in [6.07, 6.45) is 2.47. The first kappa shape index (κ1) is 22.0. The van der Waals surface area contributed by atoms with Gasteiger partial charge in [0.05, 0.1) is 23.3 Å². The fourth-order valence-electron chi connectivity index (χ4n) is 3.27. The SMILES string of the molecule is CCS(=O)(=O)c1cccc(C(=O)Nc2sc3c(c2C(=O)NC(=O)OC)CCCC3)c1. The summed E-state index contributed by atoms with van der Waals surface area (Å²) >= 11 is 1.30. The van der Waals surface area contributed by atoms with Crippen LogP contribution in [-0.2, 0) is 27.4 Å². The van der Waals surface area contributed by atoms with Crippen LogP contribution in [0.15, 0.2) is 29.2 Å². The van der Waals surface area contributed by atoms with E-state index in [0.29, 0.717) is 11.4 Å². The van der Waals surface area contributed by atoms with Gasteiger partial charge in [-0.2, -0.15) is 0 Å². The number of fused-ring (bicyclic) bond motifs is 1. The number of anilines is 1. The number of carbonyl (C=O) groups excluding carboxylic acids is 3. The molecular weight excluding hydrogens is 428 g/mol. The molecule has 0 bridgehead atoms. The first-order valence-electron chi connectivity index (χ1n) is 9.44. The van der Waals surface area contributed by atoms with Crippen molar-refractivity contribution >= 4 is 44.1 Å². The molecule has 2 N–H and O–H groups in total. The Hall–Kier alpha value is -2.72. The van der Waals surface area contributed by atoms with Gasteiger partial charge in [0, 0.05) is 10.4 Å². The zero-order chi connectivity index (χ0) is 21.9. The molecule has 0 atom stereocenters. The molecule has 1 aliphatic carbocycles. The second-order valence-corrected chi connectivity index (χ2v) is 10.1. The Morgan fingerprint density at radius 1 is 1.13 bits per heavy atom. The van der Waals surface area contributed by atoms with Crippen LogP contribution in [0.4, 0.5) is 9.80 Å². The summed E-state index contributed by atoms with van der Waals surface area (Å²) in [6.45, 7) is 1.53. The number of nitrogens with one attached hydrogen (secondary N) is 2. The minimum absolute atomic E-state index is 0.0618. The van der Waals surface area contributed by atoms with E-state index in [1.807, 2.05) is 0 Å². The molecule has 1 aromatic heterocycles. The van der Waals surface area contributed by atoms with E-state index in [9.17, 15) is 22.8 Å². The number of sulfone groups is 1. The predicted octanol–water partition coefficient (Wildman–Crippen LogP) is 3.17. The van der Waals surface area contributed by atoms with E-state index in [1.54, 1.807) is 0 Å². The molecule has 3 rings (SSSR count). The topological polar surface area (TPSA) is 119 Å². The van der Waals surface area contributed by atoms with Gasteiger partial charge in [-0.25, -0.2) is 13.2 Å². The van der Waals surface area contributed by atoms with Crippen LogP contribution in [-0.4, -0.2) is 39.2 Å². The highest BCUT2D eigenvalue weighted by molar-refractivity contribution is 7.91. The van der Waals surface area contributed by atoms with Crippen molar-refractivity contribution in [1.29, 1.82) is 0 Å². The Labute approximate surface area is 178 Å². The second-order valence-electron chi connectivity index (χ2n) is 6.75. The van der Waals surface area contributed by atoms with Crippen molar-refractivity contribution in [2.45, 2.75) is 37.5 Å². The number of hydrogen-bond acceptors (Lipinski definition) is 7. The minimum Gasteiger partial charge on any atom is -0.453 e. The number of imide groups is 1.